The lowest BCUT2D eigenvalue weighted by Crippen LogP contribution is -2.15. The normalized spacial score (nSPS) is 13.2. The van der Waals surface area contributed by atoms with Crippen LogP contribution in [0.4, 0.5) is 0 Å². The lowest BCUT2D eigenvalue weighted by molar-refractivity contribution is 0.674. The van der Waals surface area contributed by atoms with Crippen LogP contribution in [0, 0.1) is 0 Å². The van der Waals surface area contributed by atoms with Gasteiger partial charge >= 0.3 is 0 Å². The average Bonchev–Trinajstić information content (AvgIpc) is 2.93. The van der Waals surface area contributed by atoms with E-state index in [1.807, 2.05) is 23.1 Å². The number of rotatable bonds is 7. The van der Waals surface area contributed by atoms with E-state index in [4.69, 9.17) is 11.6 Å². The van der Waals surface area contributed by atoms with Gasteiger partial charge in [0.25, 0.3) is 0 Å². The van der Waals surface area contributed by atoms with Crippen molar-refractivity contribution in [2.24, 2.45) is 0 Å². The summed E-state index contributed by atoms with van der Waals surface area (Å²) in [5.41, 5.74) is 2.14. The van der Waals surface area contributed by atoms with E-state index in [0.29, 0.717) is 5.54 Å². The van der Waals surface area contributed by atoms with Crippen LogP contribution in [-0.2, 0) is 6.17 Å². The van der Waals surface area contributed by atoms with E-state index >= 15 is 0 Å². The molecule has 0 radical (unpaired) electrons. The molecule has 1 atom stereocenters. The summed E-state index contributed by atoms with van der Waals surface area (Å²) >= 11 is 5.97. The Bertz CT molecular complexity index is 470. The Morgan fingerprint density at radius 2 is 2.11 bits per heavy atom. The molecule has 0 fully saturated rings. The molecular formula is C14H20ClN3Si. The summed E-state index contributed by atoms with van der Waals surface area (Å²) < 4.78 is 1.96. The van der Waals surface area contributed by atoms with Gasteiger partial charge in [-0.05, 0) is 29.7 Å². The SMILES string of the molecule is CCCCC([SiH2]Cn1cncn1)c1ccc(Cl)cc1. The van der Waals surface area contributed by atoms with Gasteiger partial charge in [0.05, 0.1) is 9.52 Å². The van der Waals surface area contributed by atoms with E-state index in [1.165, 1.54) is 24.8 Å². The van der Waals surface area contributed by atoms with Crippen LogP contribution in [-0.4, -0.2) is 24.3 Å². The Labute approximate surface area is 121 Å². The molecular weight excluding hydrogens is 274 g/mol. The molecule has 2 rings (SSSR count). The van der Waals surface area contributed by atoms with Crippen molar-refractivity contribution < 1.29 is 0 Å². The van der Waals surface area contributed by atoms with Crippen molar-refractivity contribution in [2.45, 2.75) is 37.9 Å². The summed E-state index contributed by atoms with van der Waals surface area (Å²) in [4.78, 5) is 4.00. The molecule has 0 aliphatic rings. The van der Waals surface area contributed by atoms with Crippen LogP contribution in [0.5, 0.6) is 0 Å². The zero-order valence-electron chi connectivity index (χ0n) is 11.3. The second-order valence-corrected chi connectivity index (χ2v) is 7.28. The molecule has 0 bridgehead atoms. The third-order valence-corrected chi connectivity index (χ3v) is 5.97. The molecule has 5 heteroatoms. The lowest BCUT2D eigenvalue weighted by atomic mass is 10.1. The average molecular weight is 294 g/mol. The third-order valence-electron chi connectivity index (χ3n) is 3.42. The van der Waals surface area contributed by atoms with Crippen molar-refractivity contribution in [2.75, 3.05) is 0 Å². The standard InChI is InChI=1S/C14H20ClN3Si/c1-2-3-4-14(12-5-7-13(15)8-6-12)19-11-18-10-16-9-17-18/h5-10,14H,2-4,11,19H2,1H3. The zero-order chi connectivity index (χ0) is 13.5. The molecule has 0 saturated carbocycles. The first-order chi connectivity index (χ1) is 9.29. The predicted octanol–water partition coefficient (Wildman–Crippen LogP) is 2.99. The molecule has 1 unspecified atom stereocenters. The molecule has 1 aromatic carbocycles. The molecule has 0 N–H and O–H groups in total. The van der Waals surface area contributed by atoms with Crippen LogP contribution in [0.25, 0.3) is 0 Å². The molecule has 2 aromatic rings. The maximum atomic E-state index is 5.97. The molecule has 19 heavy (non-hydrogen) atoms. The summed E-state index contributed by atoms with van der Waals surface area (Å²) in [6.45, 7) is 2.25. The molecule has 0 aliphatic carbocycles. The summed E-state index contributed by atoms with van der Waals surface area (Å²) in [5, 5.41) is 5.01. The topological polar surface area (TPSA) is 30.7 Å². The molecule has 0 spiro atoms. The molecule has 102 valence electrons. The number of aromatic nitrogens is 3. The fraction of sp³-hybridized carbons (Fsp3) is 0.429. The van der Waals surface area contributed by atoms with Gasteiger partial charge in [-0.1, -0.05) is 43.5 Å². The second kappa shape index (κ2) is 7.45. The molecule has 0 amide bonds. The first-order valence-electron chi connectivity index (χ1n) is 6.87. The summed E-state index contributed by atoms with van der Waals surface area (Å²) in [6.07, 6.45) is 8.29. The monoisotopic (exact) mass is 293 g/mol. The highest BCUT2D eigenvalue weighted by Gasteiger charge is 2.12. The first-order valence-corrected chi connectivity index (χ1v) is 9.07. The molecule has 3 nitrogen and oxygen atoms in total. The Morgan fingerprint density at radius 3 is 2.74 bits per heavy atom. The number of benzene rings is 1. The predicted molar refractivity (Wildman–Crippen MR) is 82.3 cm³/mol. The fourth-order valence-corrected chi connectivity index (χ4v) is 4.42. The minimum Gasteiger partial charge on any atom is -0.257 e. The van der Waals surface area contributed by atoms with Gasteiger partial charge in [0, 0.05) is 11.2 Å². The van der Waals surface area contributed by atoms with Gasteiger partial charge in [-0.25, -0.2) is 4.98 Å². The Kier molecular flexibility index (Phi) is 5.60. The van der Waals surface area contributed by atoms with E-state index < -0.39 is 0 Å². The van der Waals surface area contributed by atoms with Gasteiger partial charge in [0.15, 0.2) is 0 Å². The highest BCUT2D eigenvalue weighted by atomic mass is 35.5. The van der Waals surface area contributed by atoms with Crippen LogP contribution in [0.3, 0.4) is 0 Å². The third kappa shape index (κ3) is 4.47. The van der Waals surface area contributed by atoms with Gasteiger partial charge in [-0.2, -0.15) is 5.10 Å². The highest BCUT2D eigenvalue weighted by Crippen LogP contribution is 2.23. The highest BCUT2D eigenvalue weighted by molar-refractivity contribution is 6.36. The van der Waals surface area contributed by atoms with E-state index in [2.05, 4.69) is 29.1 Å². The van der Waals surface area contributed by atoms with Crippen LogP contribution < -0.4 is 0 Å². The number of unbranched alkanes of at least 4 members (excludes halogenated alkanes) is 1. The molecule has 1 heterocycles. The summed E-state index contributed by atoms with van der Waals surface area (Å²) in [7, 11) is -0.257. The zero-order valence-corrected chi connectivity index (χ0v) is 13.5. The maximum absolute atomic E-state index is 5.97. The van der Waals surface area contributed by atoms with Crippen molar-refractivity contribution in [3.05, 3.63) is 47.5 Å². The van der Waals surface area contributed by atoms with Gasteiger partial charge in [0.2, 0.25) is 0 Å². The molecule has 1 aromatic heterocycles. The maximum Gasteiger partial charge on any atom is 0.137 e. The number of nitrogens with zero attached hydrogens (tertiary/aromatic N) is 3. The smallest absolute Gasteiger partial charge is 0.137 e. The number of hydrogen-bond acceptors (Lipinski definition) is 2. The Hall–Kier alpha value is -1.13. The van der Waals surface area contributed by atoms with Gasteiger partial charge in [-0.3, -0.25) is 4.68 Å². The molecule has 0 aliphatic heterocycles. The van der Waals surface area contributed by atoms with E-state index in [-0.39, 0.29) is 9.52 Å². The number of halogens is 1. The van der Waals surface area contributed by atoms with Crippen LogP contribution in [0.15, 0.2) is 36.9 Å². The van der Waals surface area contributed by atoms with Crippen molar-refractivity contribution in [1.82, 2.24) is 14.8 Å². The second-order valence-electron chi connectivity index (χ2n) is 4.84. The Balaban J connectivity index is 2.00. The van der Waals surface area contributed by atoms with Crippen LogP contribution in [0.2, 0.25) is 5.02 Å². The van der Waals surface area contributed by atoms with Gasteiger partial charge in [0.1, 0.15) is 12.7 Å². The summed E-state index contributed by atoms with van der Waals surface area (Å²) in [5.74, 6) is 0. The lowest BCUT2D eigenvalue weighted by Gasteiger charge is -2.16. The number of hydrogen-bond donors (Lipinski definition) is 0. The fourth-order valence-electron chi connectivity index (χ4n) is 2.30. The van der Waals surface area contributed by atoms with E-state index in [9.17, 15) is 0 Å². The van der Waals surface area contributed by atoms with Crippen molar-refractivity contribution in [3.8, 4) is 0 Å². The molecule has 0 saturated heterocycles. The van der Waals surface area contributed by atoms with Crippen LogP contribution in [0.1, 0.15) is 37.3 Å². The van der Waals surface area contributed by atoms with Crippen molar-refractivity contribution in [3.63, 3.8) is 0 Å². The summed E-state index contributed by atoms with van der Waals surface area (Å²) in [6, 6.07) is 8.35. The first kappa shape index (κ1) is 14.3. The Morgan fingerprint density at radius 1 is 1.32 bits per heavy atom. The van der Waals surface area contributed by atoms with E-state index in [0.717, 1.165) is 11.2 Å². The van der Waals surface area contributed by atoms with Crippen molar-refractivity contribution >= 4 is 21.1 Å². The largest absolute Gasteiger partial charge is 0.257 e. The van der Waals surface area contributed by atoms with Gasteiger partial charge < -0.3 is 0 Å². The minimum absolute atomic E-state index is 0.257. The minimum atomic E-state index is -0.257. The quantitative estimate of drug-likeness (QED) is 0.735. The van der Waals surface area contributed by atoms with Crippen LogP contribution >= 0.6 is 11.6 Å². The van der Waals surface area contributed by atoms with E-state index in [1.54, 1.807) is 6.33 Å². The van der Waals surface area contributed by atoms with Gasteiger partial charge in [-0.15, -0.1) is 0 Å². The van der Waals surface area contributed by atoms with Crippen molar-refractivity contribution in [1.29, 1.82) is 0 Å².